The van der Waals surface area contributed by atoms with Crippen LogP contribution in [0.15, 0.2) is 0 Å². The smallest absolute Gasteiger partial charge is 0.158 e. The predicted molar refractivity (Wildman–Crippen MR) is 75.7 cm³/mol. The average Bonchev–Trinajstić information content (AvgIpc) is 2.36. The molecule has 0 saturated heterocycles. The Labute approximate surface area is 113 Å². The second-order valence-corrected chi connectivity index (χ2v) is 5.44. The number of hydrogen-bond acceptors (Lipinski definition) is 3. The van der Waals surface area contributed by atoms with E-state index in [4.69, 9.17) is 9.47 Å². The number of nitrogens with zero attached hydrogens (tertiary/aromatic N) is 1. The van der Waals surface area contributed by atoms with E-state index >= 15 is 0 Å². The summed E-state index contributed by atoms with van der Waals surface area (Å²) in [4.78, 5) is 2.51. The first-order valence-electron chi connectivity index (χ1n) is 7.62. The summed E-state index contributed by atoms with van der Waals surface area (Å²) in [6.07, 6.45) is 6.48. The monoisotopic (exact) mass is 257 g/mol. The van der Waals surface area contributed by atoms with Crippen LogP contribution in [0.25, 0.3) is 0 Å². The molecule has 1 fully saturated rings. The molecule has 1 rings (SSSR count). The van der Waals surface area contributed by atoms with Crippen molar-refractivity contribution in [1.82, 2.24) is 4.90 Å². The first-order chi connectivity index (χ1) is 8.69. The molecular formula is C15H31NO2. The summed E-state index contributed by atoms with van der Waals surface area (Å²) in [5, 5.41) is 0. The van der Waals surface area contributed by atoms with Crippen LogP contribution in [0.4, 0.5) is 0 Å². The Morgan fingerprint density at radius 3 is 2.28 bits per heavy atom. The summed E-state index contributed by atoms with van der Waals surface area (Å²) >= 11 is 0. The van der Waals surface area contributed by atoms with Crippen molar-refractivity contribution in [2.45, 2.75) is 65.2 Å². The Hall–Kier alpha value is -0.120. The van der Waals surface area contributed by atoms with Gasteiger partial charge in [-0.15, -0.1) is 0 Å². The van der Waals surface area contributed by atoms with E-state index in [1.165, 1.54) is 25.7 Å². The molecule has 3 heteroatoms. The maximum Gasteiger partial charge on any atom is 0.158 e. The van der Waals surface area contributed by atoms with Crippen LogP contribution >= 0.6 is 0 Å². The lowest BCUT2D eigenvalue weighted by Crippen LogP contribution is -2.40. The maximum absolute atomic E-state index is 5.60. The third kappa shape index (κ3) is 5.25. The Morgan fingerprint density at radius 2 is 1.72 bits per heavy atom. The fourth-order valence-corrected chi connectivity index (χ4v) is 3.01. The van der Waals surface area contributed by atoms with Gasteiger partial charge in [0.25, 0.3) is 0 Å². The van der Waals surface area contributed by atoms with Crippen LogP contribution in [0.5, 0.6) is 0 Å². The summed E-state index contributed by atoms with van der Waals surface area (Å²) in [6, 6.07) is 0.752. The van der Waals surface area contributed by atoms with Crippen molar-refractivity contribution in [3.8, 4) is 0 Å². The molecule has 108 valence electrons. The molecule has 0 radical (unpaired) electrons. The van der Waals surface area contributed by atoms with Gasteiger partial charge in [-0.3, -0.25) is 0 Å². The SMILES string of the molecule is CCOC(CCN(C)C1CCCCC1C)OCC. The Morgan fingerprint density at radius 1 is 1.11 bits per heavy atom. The lowest BCUT2D eigenvalue weighted by Gasteiger charge is -2.36. The topological polar surface area (TPSA) is 21.7 Å². The number of hydrogen-bond donors (Lipinski definition) is 0. The second kappa shape index (κ2) is 8.89. The summed E-state index contributed by atoms with van der Waals surface area (Å²) < 4.78 is 11.2. The molecule has 0 amide bonds. The molecule has 0 aromatic carbocycles. The predicted octanol–water partition coefficient (Wildman–Crippen LogP) is 3.29. The molecule has 2 unspecified atom stereocenters. The quantitative estimate of drug-likeness (QED) is 0.623. The first kappa shape index (κ1) is 15.9. The molecule has 1 saturated carbocycles. The third-order valence-electron chi connectivity index (χ3n) is 4.05. The highest BCUT2D eigenvalue weighted by Gasteiger charge is 2.25. The van der Waals surface area contributed by atoms with Crippen LogP contribution in [0.2, 0.25) is 0 Å². The van der Waals surface area contributed by atoms with Gasteiger partial charge in [0, 0.05) is 32.2 Å². The molecule has 2 atom stereocenters. The Balaban J connectivity index is 2.31. The number of rotatable bonds is 8. The van der Waals surface area contributed by atoms with Crippen LogP contribution in [-0.4, -0.2) is 44.0 Å². The molecule has 3 nitrogen and oxygen atoms in total. The third-order valence-corrected chi connectivity index (χ3v) is 4.05. The standard InChI is InChI=1S/C15H31NO2/c1-5-17-15(18-6-2)11-12-16(4)14-10-8-7-9-13(14)3/h13-15H,5-12H2,1-4H3. The summed E-state index contributed by atoms with van der Waals surface area (Å²) in [7, 11) is 2.25. The average molecular weight is 257 g/mol. The van der Waals surface area contributed by atoms with Gasteiger partial charge in [-0.2, -0.15) is 0 Å². The zero-order valence-electron chi connectivity index (χ0n) is 12.7. The van der Waals surface area contributed by atoms with E-state index in [0.717, 1.165) is 38.1 Å². The Bertz CT molecular complexity index is 205. The highest BCUT2D eigenvalue weighted by Crippen LogP contribution is 2.27. The Kier molecular flexibility index (Phi) is 7.87. The molecule has 0 aromatic rings. The summed E-state index contributed by atoms with van der Waals surface area (Å²) in [5.41, 5.74) is 0. The van der Waals surface area contributed by atoms with Crippen LogP contribution < -0.4 is 0 Å². The van der Waals surface area contributed by atoms with E-state index in [2.05, 4.69) is 18.9 Å². The van der Waals surface area contributed by atoms with Crippen molar-refractivity contribution >= 4 is 0 Å². The van der Waals surface area contributed by atoms with Gasteiger partial charge in [0.1, 0.15) is 0 Å². The first-order valence-corrected chi connectivity index (χ1v) is 7.62. The van der Waals surface area contributed by atoms with Gasteiger partial charge in [-0.25, -0.2) is 0 Å². The molecule has 1 aliphatic rings. The van der Waals surface area contributed by atoms with E-state index in [1.807, 2.05) is 13.8 Å². The zero-order valence-corrected chi connectivity index (χ0v) is 12.7. The molecular weight excluding hydrogens is 226 g/mol. The van der Waals surface area contributed by atoms with Gasteiger partial charge in [0.15, 0.2) is 6.29 Å². The van der Waals surface area contributed by atoms with Gasteiger partial charge in [0.2, 0.25) is 0 Å². The van der Waals surface area contributed by atoms with Gasteiger partial charge < -0.3 is 14.4 Å². The van der Waals surface area contributed by atoms with E-state index in [1.54, 1.807) is 0 Å². The van der Waals surface area contributed by atoms with Crippen molar-refractivity contribution in [2.24, 2.45) is 5.92 Å². The number of ether oxygens (including phenoxy) is 2. The molecule has 0 heterocycles. The normalized spacial score (nSPS) is 25.0. The van der Waals surface area contributed by atoms with Crippen molar-refractivity contribution in [2.75, 3.05) is 26.8 Å². The zero-order chi connectivity index (χ0) is 13.4. The lowest BCUT2D eigenvalue weighted by atomic mass is 9.85. The van der Waals surface area contributed by atoms with Gasteiger partial charge in [-0.05, 0) is 39.7 Å². The van der Waals surface area contributed by atoms with Crippen LogP contribution in [0.3, 0.4) is 0 Å². The lowest BCUT2D eigenvalue weighted by molar-refractivity contribution is -0.142. The highest BCUT2D eigenvalue weighted by atomic mass is 16.7. The molecule has 0 N–H and O–H groups in total. The van der Waals surface area contributed by atoms with Crippen molar-refractivity contribution in [1.29, 1.82) is 0 Å². The van der Waals surface area contributed by atoms with Crippen LogP contribution in [0.1, 0.15) is 52.9 Å². The van der Waals surface area contributed by atoms with E-state index in [9.17, 15) is 0 Å². The minimum Gasteiger partial charge on any atom is -0.353 e. The highest BCUT2D eigenvalue weighted by molar-refractivity contribution is 4.79. The van der Waals surface area contributed by atoms with Gasteiger partial charge in [-0.1, -0.05) is 19.8 Å². The minimum absolute atomic E-state index is 0.0265. The molecule has 0 aromatic heterocycles. The van der Waals surface area contributed by atoms with Crippen molar-refractivity contribution < 1.29 is 9.47 Å². The van der Waals surface area contributed by atoms with E-state index in [0.29, 0.717) is 0 Å². The second-order valence-electron chi connectivity index (χ2n) is 5.44. The summed E-state index contributed by atoms with van der Waals surface area (Å²) in [6.45, 7) is 8.98. The molecule has 18 heavy (non-hydrogen) atoms. The molecule has 1 aliphatic carbocycles. The molecule has 0 aliphatic heterocycles. The molecule has 0 spiro atoms. The fraction of sp³-hybridized carbons (Fsp3) is 1.00. The van der Waals surface area contributed by atoms with Gasteiger partial charge >= 0.3 is 0 Å². The molecule has 0 bridgehead atoms. The van der Waals surface area contributed by atoms with E-state index < -0.39 is 0 Å². The fourth-order valence-electron chi connectivity index (χ4n) is 3.01. The van der Waals surface area contributed by atoms with Crippen molar-refractivity contribution in [3.05, 3.63) is 0 Å². The van der Waals surface area contributed by atoms with Crippen LogP contribution in [0, 0.1) is 5.92 Å². The minimum atomic E-state index is -0.0265. The van der Waals surface area contributed by atoms with Crippen molar-refractivity contribution in [3.63, 3.8) is 0 Å². The van der Waals surface area contributed by atoms with Crippen LogP contribution in [-0.2, 0) is 9.47 Å². The maximum atomic E-state index is 5.60. The summed E-state index contributed by atoms with van der Waals surface area (Å²) in [5.74, 6) is 0.835. The largest absolute Gasteiger partial charge is 0.353 e. The van der Waals surface area contributed by atoms with Gasteiger partial charge in [0.05, 0.1) is 0 Å². The van der Waals surface area contributed by atoms with E-state index in [-0.39, 0.29) is 6.29 Å².